The van der Waals surface area contributed by atoms with E-state index in [1.165, 1.54) is 37.1 Å². The zero-order valence-corrected chi connectivity index (χ0v) is 20.9. The van der Waals surface area contributed by atoms with Crippen LogP contribution in [0.1, 0.15) is 25.3 Å². The van der Waals surface area contributed by atoms with Crippen LogP contribution in [0.15, 0.2) is 59.1 Å². The third-order valence-electron chi connectivity index (χ3n) is 5.57. The van der Waals surface area contributed by atoms with E-state index in [0.29, 0.717) is 11.3 Å². The summed E-state index contributed by atoms with van der Waals surface area (Å²) in [4.78, 5) is 37.7. The zero-order valence-electron chi connectivity index (χ0n) is 20.1. The van der Waals surface area contributed by atoms with Gasteiger partial charge in [0.05, 0.1) is 11.1 Å². The number of rotatable bonds is 10. The molecule has 37 heavy (non-hydrogen) atoms. The molecule has 0 saturated carbocycles. The summed E-state index contributed by atoms with van der Waals surface area (Å²) in [6.45, 7) is 1.48. The first kappa shape index (κ1) is 27.5. The Morgan fingerprint density at radius 1 is 1.19 bits per heavy atom. The first-order valence-electron chi connectivity index (χ1n) is 11.3. The monoisotopic (exact) mass is 532 g/mol. The molecule has 196 valence electrons. The van der Waals surface area contributed by atoms with Crippen molar-refractivity contribution in [2.45, 2.75) is 38.5 Å². The SMILES string of the molecule is CC(OC(=O)Nc1cc(-c2ccccc2)no1)[C@H](CCC(=O)O)N(C)C(=O)NCc1cccc(F)c1Cl. The number of benzene rings is 2. The normalized spacial score (nSPS) is 12.3. The maximum absolute atomic E-state index is 13.7. The van der Waals surface area contributed by atoms with Crippen molar-refractivity contribution in [3.05, 3.63) is 71.0 Å². The van der Waals surface area contributed by atoms with Crippen LogP contribution >= 0.6 is 11.6 Å². The molecule has 1 aromatic heterocycles. The minimum atomic E-state index is -1.07. The van der Waals surface area contributed by atoms with Crippen LogP contribution in [0, 0.1) is 5.82 Å². The Labute approximate surface area is 217 Å². The van der Waals surface area contributed by atoms with Crippen LogP contribution in [0.5, 0.6) is 0 Å². The van der Waals surface area contributed by atoms with Crippen molar-refractivity contribution >= 4 is 35.6 Å². The summed E-state index contributed by atoms with van der Waals surface area (Å²) >= 11 is 5.93. The second-order valence-corrected chi connectivity index (χ2v) is 8.54. The van der Waals surface area contributed by atoms with Gasteiger partial charge in [-0.05, 0) is 25.0 Å². The highest BCUT2D eigenvalue weighted by molar-refractivity contribution is 6.31. The van der Waals surface area contributed by atoms with Crippen molar-refractivity contribution in [1.29, 1.82) is 0 Å². The number of hydrogen-bond acceptors (Lipinski definition) is 6. The highest BCUT2D eigenvalue weighted by atomic mass is 35.5. The summed E-state index contributed by atoms with van der Waals surface area (Å²) in [6.07, 6.45) is -2.03. The molecular formula is C25H26ClFN4O6. The molecule has 0 aliphatic heterocycles. The van der Waals surface area contributed by atoms with Crippen LogP contribution in [0.4, 0.5) is 19.9 Å². The lowest BCUT2D eigenvalue weighted by atomic mass is 10.1. The van der Waals surface area contributed by atoms with Gasteiger partial charge in [-0.3, -0.25) is 10.1 Å². The third-order valence-corrected chi connectivity index (χ3v) is 6.00. The number of halogens is 2. The van der Waals surface area contributed by atoms with E-state index in [2.05, 4.69) is 15.8 Å². The molecule has 3 rings (SSSR count). The van der Waals surface area contributed by atoms with Gasteiger partial charge < -0.3 is 24.6 Å². The van der Waals surface area contributed by atoms with Crippen molar-refractivity contribution in [2.24, 2.45) is 0 Å². The highest BCUT2D eigenvalue weighted by Gasteiger charge is 2.29. The van der Waals surface area contributed by atoms with Gasteiger partial charge in [-0.25, -0.2) is 14.0 Å². The number of carbonyl (C=O) groups excluding carboxylic acids is 2. The topological polar surface area (TPSA) is 134 Å². The highest BCUT2D eigenvalue weighted by Crippen LogP contribution is 2.22. The molecule has 1 heterocycles. The minimum absolute atomic E-state index is 0.00881. The van der Waals surface area contributed by atoms with Crippen LogP contribution in [-0.2, 0) is 16.1 Å². The smallest absolute Gasteiger partial charge is 0.414 e. The maximum atomic E-state index is 13.7. The summed E-state index contributed by atoms with van der Waals surface area (Å²) in [5.41, 5.74) is 1.68. The lowest BCUT2D eigenvalue weighted by Gasteiger charge is -2.32. The molecule has 0 spiro atoms. The van der Waals surface area contributed by atoms with Crippen molar-refractivity contribution in [3.8, 4) is 11.3 Å². The molecule has 0 radical (unpaired) electrons. The van der Waals surface area contributed by atoms with Gasteiger partial charge in [0.1, 0.15) is 17.6 Å². The fraction of sp³-hybridized carbons (Fsp3) is 0.280. The molecule has 3 aromatic rings. The summed E-state index contributed by atoms with van der Waals surface area (Å²) in [5.74, 6) is -1.63. The molecule has 0 aliphatic rings. The quantitative estimate of drug-likeness (QED) is 0.329. The molecule has 3 amide bonds. The Kier molecular flexibility index (Phi) is 9.45. The van der Waals surface area contributed by atoms with E-state index in [1.54, 1.807) is 6.07 Å². The molecule has 0 bridgehead atoms. The number of nitrogens with one attached hydrogen (secondary N) is 2. The second kappa shape index (κ2) is 12.7. The summed E-state index contributed by atoms with van der Waals surface area (Å²) in [5, 5.41) is 18.0. The molecule has 12 heteroatoms. The zero-order chi connectivity index (χ0) is 26.9. The van der Waals surface area contributed by atoms with Crippen molar-refractivity contribution < 1.29 is 33.1 Å². The van der Waals surface area contributed by atoms with Crippen LogP contribution in [0.25, 0.3) is 11.3 Å². The van der Waals surface area contributed by atoms with Crippen LogP contribution in [-0.4, -0.2) is 52.5 Å². The van der Waals surface area contributed by atoms with Gasteiger partial charge in [-0.2, -0.15) is 0 Å². The number of aromatic nitrogens is 1. The van der Waals surface area contributed by atoms with E-state index in [9.17, 15) is 18.8 Å². The van der Waals surface area contributed by atoms with Crippen LogP contribution in [0.3, 0.4) is 0 Å². The fourth-order valence-electron chi connectivity index (χ4n) is 3.60. The number of anilines is 1. The van der Waals surface area contributed by atoms with E-state index >= 15 is 0 Å². The Balaban J connectivity index is 1.62. The second-order valence-electron chi connectivity index (χ2n) is 8.16. The lowest BCUT2D eigenvalue weighted by molar-refractivity contribution is -0.137. The van der Waals surface area contributed by atoms with Crippen molar-refractivity contribution in [1.82, 2.24) is 15.4 Å². The maximum Gasteiger partial charge on any atom is 0.414 e. The number of hydrogen-bond donors (Lipinski definition) is 3. The molecule has 10 nitrogen and oxygen atoms in total. The van der Waals surface area contributed by atoms with Gasteiger partial charge in [0.25, 0.3) is 0 Å². The minimum Gasteiger partial charge on any atom is -0.481 e. The van der Waals surface area contributed by atoms with E-state index < -0.39 is 36.1 Å². The number of amides is 3. The summed E-state index contributed by atoms with van der Waals surface area (Å²) in [7, 11) is 1.44. The van der Waals surface area contributed by atoms with Crippen LogP contribution < -0.4 is 10.6 Å². The first-order valence-corrected chi connectivity index (χ1v) is 11.7. The van der Waals surface area contributed by atoms with Gasteiger partial charge in [0, 0.05) is 31.6 Å². The third kappa shape index (κ3) is 7.68. The first-order chi connectivity index (χ1) is 17.7. The van der Waals surface area contributed by atoms with Gasteiger partial charge in [-0.15, -0.1) is 0 Å². The van der Waals surface area contributed by atoms with E-state index in [-0.39, 0.29) is 30.3 Å². The average Bonchev–Trinajstić information content (AvgIpc) is 3.33. The number of aliphatic carboxylic acids is 1. The van der Waals surface area contributed by atoms with Crippen molar-refractivity contribution in [3.63, 3.8) is 0 Å². The Bertz CT molecular complexity index is 1240. The van der Waals surface area contributed by atoms with Gasteiger partial charge >= 0.3 is 18.1 Å². The number of carbonyl (C=O) groups is 3. The predicted octanol–water partition coefficient (Wildman–Crippen LogP) is 5.15. The van der Waals surface area contributed by atoms with Crippen molar-refractivity contribution in [2.75, 3.05) is 12.4 Å². The summed E-state index contributed by atoms with van der Waals surface area (Å²) in [6, 6.07) is 13.6. The van der Waals surface area contributed by atoms with Crippen LogP contribution in [0.2, 0.25) is 5.02 Å². The summed E-state index contributed by atoms with van der Waals surface area (Å²) < 4.78 is 24.2. The number of urea groups is 1. The molecule has 0 fully saturated rings. The molecule has 3 N–H and O–H groups in total. The molecule has 2 aromatic carbocycles. The number of carboxylic acids is 1. The number of ether oxygens (including phenoxy) is 1. The number of likely N-dealkylation sites (N-methyl/N-ethyl adjacent to an activating group) is 1. The van der Waals surface area contributed by atoms with E-state index in [1.807, 2.05) is 30.3 Å². The predicted molar refractivity (Wildman–Crippen MR) is 134 cm³/mol. The average molecular weight is 533 g/mol. The Morgan fingerprint density at radius 3 is 2.62 bits per heavy atom. The largest absolute Gasteiger partial charge is 0.481 e. The molecule has 0 saturated heterocycles. The molecule has 0 aliphatic carbocycles. The Morgan fingerprint density at radius 2 is 1.92 bits per heavy atom. The standard InChI is InChI=1S/C25H26ClFN4O6/c1-15(36-25(35)29-21-13-19(30-37-21)16-7-4-3-5-8-16)20(11-12-22(32)33)31(2)24(34)28-14-17-9-6-10-18(27)23(17)26/h3-10,13,15,20H,11-12,14H2,1-2H3,(H,28,34)(H,29,35)(H,32,33)/t15?,20-/m0/s1. The van der Waals surface area contributed by atoms with Gasteiger partial charge in [0.2, 0.25) is 5.88 Å². The Hall–Kier alpha value is -4.12. The number of nitrogens with zero attached hydrogens (tertiary/aromatic N) is 2. The lowest BCUT2D eigenvalue weighted by Crippen LogP contribution is -2.49. The molecule has 2 atom stereocenters. The number of carboxylic acid groups (broad SMARTS) is 1. The van der Waals surface area contributed by atoms with Gasteiger partial charge in [0.15, 0.2) is 0 Å². The van der Waals surface area contributed by atoms with E-state index in [0.717, 1.165) is 5.56 Å². The molecule has 1 unspecified atom stereocenters. The molecular weight excluding hydrogens is 507 g/mol. The fourth-order valence-corrected chi connectivity index (χ4v) is 3.80. The van der Waals surface area contributed by atoms with E-state index in [4.69, 9.17) is 26.0 Å². The van der Waals surface area contributed by atoms with Gasteiger partial charge in [-0.1, -0.05) is 59.2 Å².